The summed E-state index contributed by atoms with van der Waals surface area (Å²) in [6, 6.07) is 5.15. The molecule has 0 fully saturated rings. The molecule has 2 rings (SSSR count). The Morgan fingerprint density at radius 1 is 1.45 bits per heavy atom. The average molecular weight is 295 g/mol. The first-order valence-electron chi connectivity index (χ1n) is 6.32. The van der Waals surface area contributed by atoms with Gasteiger partial charge < -0.3 is 9.26 Å². The standard InChI is InChI=1S/C14H15ClN2O3/c1-3-4-10(18)8-13-16-14(17-20-13)11-6-5-9(15)7-12(11)19-2/h5-7H,3-4,8H2,1-2H3. The number of nitrogens with zero attached hydrogens (tertiary/aromatic N) is 2. The van der Waals surface area contributed by atoms with Gasteiger partial charge in [0.25, 0.3) is 0 Å². The minimum atomic E-state index is 0.0887. The summed E-state index contributed by atoms with van der Waals surface area (Å²) in [5.41, 5.74) is 0.676. The van der Waals surface area contributed by atoms with Crippen molar-refractivity contribution in [1.82, 2.24) is 10.1 Å². The van der Waals surface area contributed by atoms with Crippen molar-refractivity contribution in [1.29, 1.82) is 0 Å². The predicted octanol–water partition coefficient (Wildman–Crippen LogP) is 3.31. The second-order valence-electron chi connectivity index (χ2n) is 4.32. The van der Waals surface area contributed by atoms with Gasteiger partial charge in [0.05, 0.1) is 19.1 Å². The number of rotatable bonds is 6. The van der Waals surface area contributed by atoms with E-state index in [9.17, 15) is 4.79 Å². The smallest absolute Gasteiger partial charge is 0.234 e. The minimum Gasteiger partial charge on any atom is -0.496 e. The highest BCUT2D eigenvalue weighted by Gasteiger charge is 2.15. The lowest BCUT2D eigenvalue weighted by molar-refractivity contribution is -0.118. The van der Waals surface area contributed by atoms with Crippen LogP contribution in [0.25, 0.3) is 11.4 Å². The van der Waals surface area contributed by atoms with Crippen molar-refractivity contribution < 1.29 is 14.1 Å². The molecular formula is C14H15ClN2O3. The first-order chi connectivity index (χ1) is 9.63. The number of carbonyl (C=O) groups is 1. The molecular weight excluding hydrogens is 280 g/mol. The third-order valence-corrected chi connectivity index (χ3v) is 2.98. The van der Waals surface area contributed by atoms with E-state index in [1.54, 1.807) is 25.3 Å². The van der Waals surface area contributed by atoms with Crippen LogP contribution in [-0.4, -0.2) is 23.0 Å². The highest BCUT2D eigenvalue weighted by Crippen LogP contribution is 2.30. The van der Waals surface area contributed by atoms with Gasteiger partial charge in [0.1, 0.15) is 11.5 Å². The number of Topliss-reactive ketones (excluding diaryl/α,β-unsaturated/α-hetero) is 1. The van der Waals surface area contributed by atoms with E-state index in [0.29, 0.717) is 34.5 Å². The molecule has 0 unspecified atom stereocenters. The van der Waals surface area contributed by atoms with Crippen molar-refractivity contribution in [3.05, 3.63) is 29.1 Å². The maximum Gasteiger partial charge on any atom is 0.234 e. The second kappa shape index (κ2) is 6.52. The van der Waals surface area contributed by atoms with E-state index in [4.69, 9.17) is 20.9 Å². The fourth-order valence-electron chi connectivity index (χ4n) is 1.82. The Bertz CT molecular complexity index is 610. The molecule has 0 spiro atoms. The molecule has 106 valence electrons. The molecule has 0 aliphatic carbocycles. The molecule has 0 radical (unpaired) electrons. The topological polar surface area (TPSA) is 65.2 Å². The Morgan fingerprint density at radius 2 is 2.25 bits per heavy atom. The average Bonchev–Trinajstić information content (AvgIpc) is 2.87. The molecule has 0 bridgehead atoms. The van der Waals surface area contributed by atoms with Crippen molar-refractivity contribution in [2.75, 3.05) is 7.11 Å². The van der Waals surface area contributed by atoms with E-state index < -0.39 is 0 Å². The van der Waals surface area contributed by atoms with E-state index in [0.717, 1.165) is 6.42 Å². The lowest BCUT2D eigenvalue weighted by Gasteiger charge is -2.04. The normalized spacial score (nSPS) is 10.6. The van der Waals surface area contributed by atoms with Gasteiger partial charge in [-0.2, -0.15) is 4.98 Å². The fraction of sp³-hybridized carbons (Fsp3) is 0.357. The fourth-order valence-corrected chi connectivity index (χ4v) is 1.98. The monoisotopic (exact) mass is 294 g/mol. The van der Waals surface area contributed by atoms with E-state index >= 15 is 0 Å². The zero-order chi connectivity index (χ0) is 14.5. The zero-order valence-corrected chi connectivity index (χ0v) is 12.1. The molecule has 1 aromatic carbocycles. The molecule has 0 aliphatic heterocycles. The summed E-state index contributed by atoms with van der Waals surface area (Å²) in [4.78, 5) is 15.8. The van der Waals surface area contributed by atoms with Crippen molar-refractivity contribution in [2.24, 2.45) is 0 Å². The number of aromatic nitrogens is 2. The maximum absolute atomic E-state index is 11.6. The van der Waals surface area contributed by atoms with Crippen LogP contribution in [0.1, 0.15) is 25.7 Å². The number of halogens is 1. The molecule has 6 heteroatoms. The van der Waals surface area contributed by atoms with Crippen LogP contribution >= 0.6 is 11.6 Å². The Morgan fingerprint density at radius 3 is 2.95 bits per heavy atom. The van der Waals surface area contributed by atoms with Crippen molar-refractivity contribution in [2.45, 2.75) is 26.2 Å². The summed E-state index contributed by atoms with van der Waals surface area (Å²) < 4.78 is 10.3. The lowest BCUT2D eigenvalue weighted by atomic mass is 10.2. The first-order valence-corrected chi connectivity index (χ1v) is 6.70. The Hall–Kier alpha value is -1.88. The summed E-state index contributed by atoms with van der Waals surface area (Å²) in [6.07, 6.45) is 1.49. The highest BCUT2D eigenvalue weighted by molar-refractivity contribution is 6.30. The zero-order valence-electron chi connectivity index (χ0n) is 11.4. The highest BCUT2D eigenvalue weighted by atomic mass is 35.5. The summed E-state index contributed by atoms with van der Waals surface area (Å²) in [6.45, 7) is 1.95. The second-order valence-corrected chi connectivity index (χ2v) is 4.76. The van der Waals surface area contributed by atoms with Gasteiger partial charge in [-0.15, -0.1) is 0 Å². The molecule has 0 N–H and O–H groups in total. The number of methoxy groups -OCH3 is 1. The van der Waals surface area contributed by atoms with Gasteiger partial charge in [0.2, 0.25) is 11.7 Å². The molecule has 0 amide bonds. The largest absolute Gasteiger partial charge is 0.496 e. The quantitative estimate of drug-likeness (QED) is 0.818. The molecule has 0 saturated carbocycles. The van der Waals surface area contributed by atoms with Crippen LogP contribution < -0.4 is 4.74 Å². The molecule has 1 heterocycles. The number of hydrogen-bond acceptors (Lipinski definition) is 5. The van der Waals surface area contributed by atoms with Crippen molar-refractivity contribution in [3.63, 3.8) is 0 Å². The van der Waals surface area contributed by atoms with E-state index in [1.165, 1.54) is 0 Å². The van der Waals surface area contributed by atoms with Gasteiger partial charge >= 0.3 is 0 Å². The van der Waals surface area contributed by atoms with E-state index in [-0.39, 0.29) is 12.2 Å². The van der Waals surface area contributed by atoms with Gasteiger partial charge in [-0.1, -0.05) is 23.7 Å². The molecule has 1 aromatic heterocycles. The maximum atomic E-state index is 11.6. The van der Waals surface area contributed by atoms with Crippen LogP contribution in [0, 0.1) is 0 Å². The van der Waals surface area contributed by atoms with Gasteiger partial charge in [-0.3, -0.25) is 4.79 Å². The lowest BCUT2D eigenvalue weighted by Crippen LogP contribution is -2.01. The number of carbonyl (C=O) groups excluding carboxylic acids is 1. The number of benzene rings is 1. The van der Waals surface area contributed by atoms with Gasteiger partial charge in [0.15, 0.2) is 0 Å². The molecule has 0 aliphatic rings. The third kappa shape index (κ3) is 3.36. The van der Waals surface area contributed by atoms with Crippen LogP contribution in [0.4, 0.5) is 0 Å². The van der Waals surface area contributed by atoms with Crippen LogP contribution in [0.2, 0.25) is 5.02 Å². The van der Waals surface area contributed by atoms with Crippen LogP contribution in [0.5, 0.6) is 5.75 Å². The Kier molecular flexibility index (Phi) is 4.74. The van der Waals surface area contributed by atoms with Gasteiger partial charge in [-0.25, -0.2) is 0 Å². The predicted molar refractivity (Wildman–Crippen MR) is 74.9 cm³/mol. The molecule has 20 heavy (non-hydrogen) atoms. The van der Waals surface area contributed by atoms with Crippen molar-refractivity contribution in [3.8, 4) is 17.1 Å². The van der Waals surface area contributed by atoms with Gasteiger partial charge in [-0.05, 0) is 24.6 Å². The summed E-state index contributed by atoms with van der Waals surface area (Å²) in [7, 11) is 1.54. The molecule has 0 atom stereocenters. The first kappa shape index (κ1) is 14.5. The minimum absolute atomic E-state index is 0.0887. The van der Waals surface area contributed by atoms with Crippen LogP contribution in [-0.2, 0) is 11.2 Å². The van der Waals surface area contributed by atoms with Gasteiger partial charge in [0, 0.05) is 11.4 Å². The SMILES string of the molecule is CCCC(=O)Cc1nc(-c2ccc(Cl)cc2OC)no1. The Labute approximate surface area is 121 Å². The van der Waals surface area contributed by atoms with E-state index in [2.05, 4.69) is 10.1 Å². The van der Waals surface area contributed by atoms with E-state index in [1.807, 2.05) is 6.92 Å². The third-order valence-electron chi connectivity index (χ3n) is 2.75. The number of ketones is 1. The number of hydrogen-bond donors (Lipinski definition) is 0. The van der Waals surface area contributed by atoms with Crippen LogP contribution in [0.3, 0.4) is 0 Å². The summed E-state index contributed by atoms with van der Waals surface area (Å²) in [5.74, 6) is 1.35. The summed E-state index contributed by atoms with van der Waals surface area (Å²) in [5, 5.41) is 4.44. The Balaban J connectivity index is 2.22. The number of ether oxygens (including phenoxy) is 1. The molecule has 5 nitrogen and oxygen atoms in total. The van der Waals surface area contributed by atoms with Crippen LogP contribution in [0.15, 0.2) is 22.7 Å². The van der Waals surface area contributed by atoms with Crippen molar-refractivity contribution >= 4 is 17.4 Å². The molecule has 0 saturated heterocycles. The molecule has 2 aromatic rings. The summed E-state index contributed by atoms with van der Waals surface area (Å²) >= 11 is 5.90.